The average molecular weight is 275 g/mol. The first-order valence-electron chi connectivity index (χ1n) is 8.39. The summed E-state index contributed by atoms with van der Waals surface area (Å²) in [5.41, 5.74) is 0. The standard InChI is InChI=1S/C16H25N3O/c1-2-17-14(11-5-6-11)9-15-18-16(19-20-15)13-8-10-3-4-12(13)7-10/h10-14,17H,2-9H2,1H3. The predicted octanol–water partition coefficient (Wildman–Crippen LogP) is 2.90. The molecule has 4 nitrogen and oxygen atoms in total. The number of nitrogens with one attached hydrogen (secondary N) is 1. The van der Waals surface area contributed by atoms with Gasteiger partial charge in [0.05, 0.1) is 0 Å². The van der Waals surface area contributed by atoms with Crippen LogP contribution in [-0.2, 0) is 6.42 Å². The number of rotatable bonds is 6. The summed E-state index contributed by atoms with van der Waals surface area (Å²) in [5, 5.41) is 7.87. The Labute approximate surface area is 120 Å². The van der Waals surface area contributed by atoms with Crippen molar-refractivity contribution in [1.29, 1.82) is 0 Å². The minimum absolute atomic E-state index is 0.535. The van der Waals surface area contributed by atoms with Crippen LogP contribution in [-0.4, -0.2) is 22.7 Å². The van der Waals surface area contributed by atoms with Gasteiger partial charge in [-0.15, -0.1) is 0 Å². The Bertz CT molecular complexity index is 468. The first kappa shape index (κ1) is 12.8. The van der Waals surface area contributed by atoms with Crippen LogP contribution in [0.25, 0.3) is 0 Å². The summed E-state index contributed by atoms with van der Waals surface area (Å²) in [7, 11) is 0. The number of likely N-dealkylation sites (N-methyl/N-ethyl adjacent to an activating group) is 1. The van der Waals surface area contributed by atoms with E-state index >= 15 is 0 Å². The van der Waals surface area contributed by atoms with Crippen molar-refractivity contribution < 1.29 is 4.52 Å². The molecule has 1 N–H and O–H groups in total. The second kappa shape index (κ2) is 5.14. The van der Waals surface area contributed by atoms with Gasteiger partial charge in [-0.3, -0.25) is 0 Å². The lowest BCUT2D eigenvalue weighted by atomic mass is 9.88. The zero-order valence-electron chi connectivity index (χ0n) is 12.3. The SMILES string of the molecule is CCNC(Cc1nc(C2CC3CCC2C3)no1)C1CC1. The summed E-state index contributed by atoms with van der Waals surface area (Å²) in [5.74, 6) is 5.03. The molecule has 0 radical (unpaired) electrons. The molecule has 4 atom stereocenters. The lowest BCUT2D eigenvalue weighted by Gasteiger charge is -2.17. The van der Waals surface area contributed by atoms with Crippen molar-refractivity contribution in [3.63, 3.8) is 0 Å². The smallest absolute Gasteiger partial charge is 0.228 e. The van der Waals surface area contributed by atoms with Crippen LogP contribution in [0.1, 0.15) is 63.1 Å². The Balaban J connectivity index is 1.42. The van der Waals surface area contributed by atoms with Crippen molar-refractivity contribution in [2.45, 2.75) is 63.8 Å². The van der Waals surface area contributed by atoms with Crippen molar-refractivity contribution in [3.05, 3.63) is 11.7 Å². The van der Waals surface area contributed by atoms with Gasteiger partial charge in [-0.25, -0.2) is 0 Å². The molecule has 20 heavy (non-hydrogen) atoms. The largest absolute Gasteiger partial charge is 0.339 e. The molecule has 4 unspecified atom stereocenters. The summed E-state index contributed by atoms with van der Waals surface area (Å²) in [4.78, 5) is 4.73. The first-order valence-corrected chi connectivity index (χ1v) is 8.39. The minimum atomic E-state index is 0.535. The third-order valence-electron chi connectivity index (χ3n) is 5.61. The quantitative estimate of drug-likeness (QED) is 0.867. The Morgan fingerprint density at radius 3 is 2.80 bits per heavy atom. The van der Waals surface area contributed by atoms with Crippen LogP contribution in [0, 0.1) is 17.8 Å². The van der Waals surface area contributed by atoms with E-state index in [1.807, 2.05) is 0 Å². The maximum absolute atomic E-state index is 5.54. The second-order valence-electron chi connectivity index (χ2n) is 7.03. The van der Waals surface area contributed by atoms with Crippen molar-refractivity contribution in [2.75, 3.05) is 6.54 Å². The van der Waals surface area contributed by atoms with Gasteiger partial charge in [0, 0.05) is 18.4 Å². The average Bonchev–Trinajstić information content (AvgIpc) is 2.88. The third-order valence-corrected chi connectivity index (χ3v) is 5.61. The van der Waals surface area contributed by atoms with Crippen molar-refractivity contribution in [2.24, 2.45) is 17.8 Å². The first-order chi connectivity index (χ1) is 9.83. The van der Waals surface area contributed by atoms with Crippen LogP contribution in [0.15, 0.2) is 4.52 Å². The molecule has 0 amide bonds. The fourth-order valence-corrected chi connectivity index (χ4v) is 4.42. The van der Waals surface area contributed by atoms with Gasteiger partial charge in [-0.1, -0.05) is 18.5 Å². The monoisotopic (exact) mass is 275 g/mol. The summed E-state index contributed by atoms with van der Waals surface area (Å²) < 4.78 is 5.54. The molecule has 3 aliphatic rings. The molecule has 3 aliphatic carbocycles. The van der Waals surface area contributed by atoms with Gasteiger partial charge in [-0.2, -0.15) is 4.98 Å². The Morgan fingerprint density at radius 2 is 2.15 bits per heavy atom. The number of hydrogen-bond acceptors (Lipinski definition) is 4. The number of hydrogen-bond donors (Lipinski definition) is 1. The highest BCUT2D eigenvalue weighted by Crippen LogP contribution is 2.52. The van der Waals surface area contributed by atoms with E-state index in [-0.39, 0.29) is 0 Å². The second-order valence-corrected chi connectivity index (χ2v) is 7.03. The van der Waals surface area contributed by atoms with Gasteiger partial charge in [0.2, 0.25) is 5.89 Å². The van der Waals surface area contributed by atoms with Gasteiger partial charge >= 0.3 is 0 Å². The molecule has 0 aromatic carbocycles. The van der Waals surface area contributed by atoms with Gasteiger partial charge in [0.25, 0.3) is 0 Å². The normalized spacial score (nSPS) is 33.8. The predicted molar refractivity (Wildman–Crippen MR) is 76.4 cm³/mol. The Kier molecular flexibility index (Phi) is 3.29. The van der Waals surface area contributed by atoms with Gasteiger partial charge in [0.1, 0.15) is 0 Å². The van der Waals surface area contributed by atoms with Gasteiger partial charge < -0.3 is 9.84 Å². The van der Waals surface area contributed by atoms with E-state index in [4.69, 9.17) is 9.51 Å². The van der Waals surface area contributed by atoms with Crippen LogP contribution >= 0.6 is 0 Å². The van der Waals surface area contributed by atoms with Crippen LogP contribution in [0.5, 0.6) is 0 Å². The van der Waals surface area contributed by atoms with Crippen LogP contribution in [0.3, 0.4) is 0 Å². The molecule has 0 spiro atoms. The molecule has 4 heteroatoms. The minimum Gasteiger partial charge on any atom is -0.339 e. The molecule has 1 aromatic heterocycles. The fourth-order valence-electron chi connectivity index (χ4n) is 4.42. The molecule has 1 heterocycles. The zero-order chi connectivity index (χ0) is 13.5. The Hall–Kier alpha value is -0.900. The third kappa shape index (κ3) is 2.39. The highest BCUT2D eigenvalue weighted by atomic mass is 16.5. The van der Waals surface area contributed by atoms with Gasteiger partial charge in [0.15, 0.2) is 5.82 Å². The van der Waals surface area contributed by atoms with Crippen molar-refractivity contribution in [3.8, 4) is 0 Å². The molecule has 3 fully saturated rings. The van der Waals surface area contributed by atoms with E-state index in [0.717, 1.165) is 42.4 Å². The fraction of sp³-hybridized carbons (Fsp3) is 0.875. The highest BCUT2D eigenvalue weighted by molar-refractivity contribution is 5.07. The highest BCUT2D eigenvalue weighted by Gasteiger charge is 2.42. The van der Waals surface area contributed by atoms with Crippen LogP contribution in [0.2, 0.25) is 0 Å². The Morgan fingerprint density at radius 1 is 1.25 bits per heavy atom. The maximum atomic E-state index is 5.54. The van der Waals surface area contributed by atoms with Crippen molar-refractivity contribution >= 4 is 0 Å². The van der Waals surface area contributed by atoms with E-state index in [0.29, 0.717) is 12.0 Å². The lowest BCUT2D eigenvalue weighted by Crippen LogP contribution is -2.33. The molecule has 0 saturated heterocycles. The molecule has 4 rings (SSSR count). The summed E-state index contributed by atoms with van der Waals surface area (Å²) in [6, 6.07) is 0.535. The van der Waals surface area contributed by atoms with Gasteiger partial charge in [-0.05, 0) is 56.4 Å². The molecule has 1 aromatic rings. The van der Waals surface area contributed by atoms with Crippen LogP contribution < -0.4 is 5.32 Å². The van der Waals surface area contributed by atoms with E-state index in [1.54, 1.807) is 0 Å². The van der Waals surface area contributed by atoms with E-state index in [2.05, 4.69) is 17.4 Å². The lowest BCUT2D eigenvalue weighted by molar-refractivity contribution is 0.334. The molecule has 2 bridgehead atoms. The van der Waals surface area contributed by atoms with Crippen molar-refractivity contribution in [1.82, 2.24) is 15.5 Å². The summed E-state index contributed by atoms with van der Waals surface area (Å²) in [6.45, 7) is 3.19. The molecular formula is C16H25N3O. The molecule has 3 saturated carbocycles. The molecule has 110 valence electrons. The van der Waals surface area contributed by atoms with E-state index < -0.39 is 0 Å². The number of fused-ring (bicyclic) bond motifs is 2. The zero-order valence-corrected chi connectivity index (χ0v) is 12.3. The van der Waals surface area contributed by atoms with Crippen LogP contribution in [0.4, 0.5) is 0 Å². The molecular weight excluding hydrogens is 250 g/mol. The number of aromatic nitrogens is 2. The summed E-state index contributed by atoms with van der Waals surface area (Å²) in [6.07, 6.45) is 9.11. The molecule has 0 aliphatic heterocycles. The number of nitrogens with zero attached hydrogens (tertiary/aromatic N) is 2. The summed E-state index contributed by atoms with van der Waals surface area (Å²) >= 11 is 0. The maximum Gasteiger partial charge on any atom is 0.228 e. The van der Waals surface area contributed by atoms with E-state index in [1.165, 1.54) is 38.5 Å². The topological polar surface area (TPSA) is 51.0 Å². The van der Waals surface area contributed by atoms with E-state index in [9.17, 15) is 0 Å².